The van der Waals surface area contributed by atoms with E-state index >= 15 is 0 Å². The van der Waals surface area contributed by atoms with Gasteiger partial charge in [-0.2, -0.15) is 0 Å². The molecule has 2 aromatic carbocycles. The third-order valence-electron chi connectivity index (χ3n) is 5.32. The molecule has 1 aliphatic rings. The lowest BCUT2D eigenvalue weighted by atomic mass is 10.00. The van der Waals surface area contributed by atoms with Crippen molar-refractivity contribution in [3.05, 3.63) is 60.2 Å². The summed E-state index contributed by atoms with van der Waals surface area (Å²) in [4.78, 5) is 20.3. The first-order chi connectivity index (χ1) is 14.2. The van der Waals surface area contributed by atoms with Crippen LogP contribution in [0.2, 0.25) is 0 Å². The maximum absolute atomic E-state index is 12.4. The van der Waals surface area contributed by atoms with E-state index in [1.165, 1.54) is 22.6 Å². The van der Waals surface area contributed by atoms with Gasteiger partial charge in [0.05, 0.1) is 11.6 Å². The second-order valence-electron chi connectivity index (χ2n) is 7.78. The van der Waals surface area contributed by atoms with Gasteiger partial charge in [-0.3, -0.25) is 0 Å². The minimum absolute atomic E-state index is 0.0504. The van der Waals surface area contributed by atoms with E-state index in [0.29, 0.717) is 5.92 Å². The maximum Gasteiger partial charge on any atom is 0.338 e. The fourth-order valence-electron chi connectivity index (χ4n) is 3.26. The van der Waals surface area contributed by atoms with Gasteiger partial charge in [-0.1, -0.05) is 73.9 Å². The van der Waals surface area contributed by atoms with Gasteiger partial charge >= 0.3 is 5.97 Å². The van der Waals surface area contributed by atoms with Gasteiger partial charge in [0, 0.05) is 9.79 Å². The summed E-state index contributed by atoms with van der Waals surface area (Å²) in [5.41, 5.74) is 1.94. The van der Waals surface area contributed by atoms with Crippen LogP contribution in [0.4, 0.5) is 0 Å². The Kier molecular flexibility index (Phi) is 8.36. The fraction of sp³-hybridized carbons (Fsp3) is 0.440. The summed E-state index contributed by atoms with van der Waals surface area (Å²) in [6.45, 7) is 4.18. The van der Waals surface area contributed by atoms with Crippen LogP contribution in [0.25, 0.3) is 0 Å². The number of oxime groups is 1. The average molecular weight is 410 g/mol. The number of hydrogen-bond donors (Lipinski definition) is 0. The number of carbonyl (C=O) groups is 1. The largest absolute Gasteiger partial charge is 0.338 e. The second kappa shape index (κ2) is 11.2. The van der Waals surface area contributed by atoms with Crippen LogP contribution in [-0.4, -0.2) is 11.7 Å². The standard InChI is InChI=1S/C25H31NO2S/c1-3-5-9-20(4-2)25(27)28-26-24(18-19-12-13-19)21-14-16-23(17-15-21)29-22-10-7-6-8-11-22/h6-8,10-11,14-17,19-20H,3-5,9,12-13,18H2,1-2H3/b26-24+. The molecule has 0 spiro atoms. The summed E-state index contributed by atoms with van der Waals surface area (Å²) < 4.78 is 0. The molecule has 0 amide bonds. The predicted molar refractivity (Wildman–Crippen MR) is 120 cm³/mol. The van der Waals surface area contributed by atoms with Gasteiger partial charge in [-0.15, -0.1) is 0 Å². The highest BCUT2D eigenvalue weighted by Crippen LogP contribution is 2.34. The summed E-state index contributed by atoms with van der Waals surface area (Å²) in [7, 11) is 0. The molecule has 0 radical (unpaired) electrons. The monoisotopic (exact) mass is 409 g/mol. The lowest BCUT2D eigenvalue weighted by Gasteiger charge is -2.12. The Labute approximate surface area is 178 Å². The van der Waals surface area contributed by atoms with Gasteiger partial charge in [0.2, 0.25) is 0 Å². The SMILES string of the molecule is CCCCC(CC)C(=O)O/N=C(\CC1CC1)c1ccc(Sc2ccccc2)cc1. The van der Waals surface area contributed by atoms with Gasteiger partial charge < -0.3 is 4.84 Å². The molecule has 154 valence electrons. The van der Waals surface area contributed by atoms with Crippen LogP contribution in [0.3, 0.4) is 0 Å². The molecule has 4 heteroatoms. The minimum atomic E-state index is -0.189. The van der Waals surface area contributed by atoms with Crippen LogP contribution in [0.15, 0.2) is 69.5 Å². The van der Waals surface area contributed by atoms with Crippen LogP contribution in [0.1, 0.15) is 64.4 Å². The molecule has 1 aliphatic carbocycles. The zero-order valence-electron chi connectivity index (χ0n) is 17.5. The topological polar surface area (TPSA) is 38.7 Å². The lowest BCUT2D eigenvalue weighted by Crippen LogP contribution is -2.16. The highest BCUT2D eigenvalue weighted by Gasteiger charge is 2.25. The average Bonchev–Trinajstić information content (AvgIpc) is 3.57. The van der Waals surface area contributed by atoms with Crippen LogP contribution < -0.4 is 0 Å². The Bertz CT molecular complexity index is 797. The third kappa shape index (κ3) is 7.04. The van der Waals surface area contributed by atoms with Crippen molar-refractivity contribution in [2.75, 3.05) is 0 Å². The molecule has 1 saturated carbocycles. The molecule has 2 aromatic rings. The second-order valence-corrected chi connectivity index (χ2v) is 8.93. The Morgan fingerprint density at radius 3 is 2.38 bits per heavy atom. The van der Waals surface area contributed by atoms with E-state index in [-0.39, 0.29) is 11.9 Å². The molecule has 0 saturated heterocycles. The molecule has 0 aromatic heterocycles. The first-order valence-electron chi connectivity index (χ1n) is 10.8. The Hall–Kier alpha value is -2.07. The highest BCUT2D eigenvalue weighted by molar-refractivity contribution is 7.99. The summed E-state index contributed by atoms with van der Waals surface area (Å²) in [5, 5.41) is 4.32. The van der Waals surface area contributed by atoms with E-state index in [1.807, 2.05) is 13.0 Å². The minimum Gasteiger partial charge on any atom is -0.318 e. The lowest BCUT2D eigenvalue weighted by molar-refractivity contribution is -0.149. The van der Waals surface area contributed by atoms with Crippen LogP contribution in [0.5, 0.6) is 0 Å². The first-order valence-corrected chi connectivity index (χ1v) is 11.6. The Morgan fingerprint density at radius 1 is 1.07 bits per heavy atom. The molecule has 1 atom stereocenters. The van der Waals surface area contributed by atoms with Crippen molar-refractivity contribution in [2.45, 2.75) is 68.6 Å². The molecule has 29 heavy (non-hydrogen) atoms. The number of carbonyl (C=O) groups excluding carboxylic acids is 1. The molecule has 0 aliphatic heterocycles. The molecule has 3 nitrogen and oxygen atoms in total. The zero-order chi connectivity index (χ0) is 20.5. The van der Waals surface area contributed by atoms with Gasteiger partial charge in [0.15, 0.2) is 0 Å². The number of rotatable bonds is 11. The molecular weight excluding hydrogens is 378 g/mol. The van der Waals surface area contributed by atoms with Crippen molar-refractivity contribution < 1.29 is 9.63 Å². The van der Waals surface area contributed by atoms with E-state index in [2.05, 4.69) is 60.6 Å². The summed E-state index contributed by atoms with van der Waals surface area (Å²) in [5.74, 6) is 0.434. The molecule has 0 bridgehead atoms. The molecular formula is C25H31NO2S. The summed E-state index contributed by atoms with van der Waals surface area (Å²) in [6, 6.07) is 18.8. The molecule has 3 rings (SSSR count). The van der Waals surface area contributed by atoms with Crippen LogP contribution >= 0.6 is 11.8 Å². The summed E-state index contributed by atoms with van der Waals surface area (Å²) in [6.07, 6.45) is 7.18. The van der Waals surface area contributed by atoms with Crippen molar-refractivity contribution in [1.82, 2.24) is 0 Å². The first kappa shape index (κ1) is 21.6. The van der Waals surface area contributed by atoms with E-state index < -0.39 is 0 Å². The fourth-order valence-corrected chi connectivity index (χ4v) is 4.09. The number of nitrogens with zero attached hydrogens (tertiary/aromatic N) is 1. The third-order valence-corrected chi connectivity index (χ3v) is 6.34. The Balaban J connectivity index is 1.67. The van der Waals surface area contributed by atoms with Crippen LogP contribution in [-0.2, 0) is 9.63 Å². The van der Waals surface area contributed by atoms with Crippen LogP contribution in [0, 0.1) is 11.8 Å². The highest BCUT2D eigenvalue weighted by atomic mass is 32.2. The van der Waals surface area contributed by atoms with Gasteiger partial charge in [0.25, 0.3) is 0 Å². The maximum atomic E-state index is 12.4. The smallest absolute Gasteiger partial charge is 0.318 e. The van der Waals surface area contributed by atoms with Gasteiger partial charge in [0.1, 0.15) is 0 Å². The van der Waals surface area contributed by atoms with E-state index in [0.717, 1.165) is 43.4 Å². The summed E-state index contributed by atoms with van der Waals surface area (Å²) >= 11 is 1.74. The van der Waals surface area contributed by atoms with E-state index in [1.54, 1.807) is 11.8 Å². The molecule has 1 unspecified atom stereocenters. The molecule has 0 heterocycles. The zero-order valence-corrected chi connectivity index (χ0v) is 18.3. The van der Waals surface area contributed by atoms with Crippen molar-refractivity contribution >= 4 is 23.4 Å². The van der Waals surface area contributed by atoms with Crippen molar-refractivity contribution in [1.29, 1.82) is 0 Å². The Morgan fingerprint density at radius 2 is 1.76 bits per heavy atom. The predicted octanol–water partition coefficient (Wildman–Crippen LogP) is 7.10. The van der Waals surface area contributed by atoms with E-state index in [9.17, 15) is 4.79 Å². The quantitative estimate of drug-likeness (QED) is 0.226. The number of unbranched alkanes of at least 4 members (excludes halogenated alkanes) is 1. The molecule has 0 N–H and O–H groups in total. The number of hydrogen-bond acceptors (Lipinski definition) is 4. The van der Waals surface area contributed by atoms with E-state index in [4.69, 9.17) is 4.84 Å². The van der Waals surface area contributed by atoms with Gasteiger partial charge in [-0.05, 0) is 67.9 Å². The number of benzene rings is 2. The van der Waals surface area contributed by atoms with Gasteiger partial charge in [-0.25, -0.2) is 4.79 Å². The van der Waals surface area contributed by atoms with Crippen molar-refractivity contribution in [2.24, 2.45) is 17.0 Å². The molecule has 1 fully saturated rings. The normalized spacial score (nSPS) is 15.2. The van der Waals surface area contributed by atoms with Crippen molar-refractivity contribution in [3.63, 3.8) is 0 Å². The van der Waals surface area contributed by atoms with Crippen molar-refractivity contribution in [3.8, 4) is 0 Å².